The number of hydrogen-bond donors (Lipinski definition) is 2. The molecule has 0 atom stereocenters. The summed E-state index contributed by atoms with van der Waals surface area (Å²) in [4.78, 5) is 8.74. The average Bonchev–Trinajstić information content (AvgIpc) is 3.50. The molecule has 2 N–H and O–H groups in total. The van der Waals surface area contributed by atoms with Gasteiger partial charge in [0.25, 0.3) is 0 Å². The Morgan fingerprint density at radius 1 is 1.19 bits per heavy atom. The van der Waals surface area contributed by atoms with Crippen LogP contribution < -0.4 is 10.6 Å². The molecule has 2 heterocycles. The topological polar surface area (TPSA) is 73.6 Å². The molecular formula is C21H24FN5. The van der Waals surface area contributed by atoms with Crippen LogP contribution >= 0.6 is 0 Å². The van der Waals surface area contributed by atoms with Gasteiger partial charge in [0.2, 0.25) is 0 Å². The fraction of sp³-hybridized carbons (Fsp3) is 0.476. The molecule has 4 rings (SSSR count). The average molecular weight is 365 g/mol. The molecule has 0 unspecified atom stereocenters. The van der Waals surface area contributed by atoms with E-state index in [9.17, 15) is 9.65 Å². The van der Waals surface area contributed by atoms with Crippen LogP contribution in [0.1, 0.15) is 44.9 Å². The summed E-state index contributed by atoms with van der Waals surface area (Å²) >= 11 is 0. The van der Waals surface area contributed by atoms with Gasteiger partial charge in [-0.3, -0.25) is 0 Å². The standard InChI is InChI=1S/C21H24FN5/c22-17-12-24-20(26-15-5-2-1-3-6-15)11-16(17)18-7-4-8-19(27-18)25-14-21(13-23)9-10-21/h4,7-8,11-12,15H,1-3,5-6,9-10,14H2,(H,24,26)(H,25,27). The molecule has 6 heteroatoms. The summed E-state index contributed by atoms with van der Waals surface area (Å²) in [6.45, 7) is 0.577. The molecule has 140 valence electrons. The van der Waals surface area contributed by atoms with Gasteiger partial charge in [-0.2, -0.15) is 5.26 Å². The van der Waals surface area contributed by atoms with Crippen LogP contribution in [0, 0.1) is 22.6 Å². The maximum Gasteiger partial charge on any atom is 0.151 e. The van der Waals surface area contributed by atoms with E-state index in [1.807, 2.05) is 12.1 Å². The second-order valence-corrected chi connectivity index (χ2v) is 7.68. The second-order valence-electron chi connectivity index (χ2n) is 7.68. The number of nitrogens with one attached hydrogen (secondary N) is 2. The van der Waals surface area contributed by atoms with Gasteiger partial charge in [0, 0.05) is 18.2 Å². The van der Waals surface area contributed by atoms with Crippen LogP contribution in [0.4, 0.5) is 16.0 Å². The van der Waals surface area contributed by atoms with Crippen LogP contribution in [-0.2, 0) is 0 Å². The molecule has 0 amide bonds. The molecule has 0 saturated heterocycles. The lowest BCUT2D eigenvalue weighted by atomic mass is 9.95. The number of halogens is 1. The van der Waals surface area contributed by atoms with E-state index in [1.165, 1.54) is 25.5 Å². The van der Waals surface area contributed by atoms with Gasteiger partial charge >= 0.3 is 0 Å². The Morgan fingerprint density at radius 3 is 2.74 bits per heavy atom. The molecule has 0 spiro atoms. The molecule has 2 aliphatic rings. The fourth-order valence-electron chi connectivity index (χ4n) is 3.59. The SMILES string of the molecule is N#CC1(CNc2cccc(-c3cc(NC4CCCCC4)ncc3F)n2)CC1. The minimum absolute atomic E-state index is 0.253. The molecular weight excluding hydrogens is 341 g/mol. The molecule has 2 aromatic heterocycles. The molecule has 0 aliphatic heterocycles. The Labute approximate surface area is 159 Å². The largest absolute Gasteiger partial charge is 0.368 e. The van der Waals surface area contributed by atoms with Gasteiger partial charge in [-0.25, -0.2) is 14.4 Å². The van der Waals surface area contributed by atoms with E-state index in [0.29, 0.717) is 35.5 Å². The van der Waals surface area contributed by atoms with E-state index < -0.39 is 0 Å². The lowest BCUT2D eigenvalue weighted by Crippen LogP contribution is -2.22. The highest BCUT2D eigenvalue weighted by Crippen LogP contribution is 2.44. The third-order valence-corrected chi connectivity index (χ3v) is 5.54. The maximum atomic E-state index is 14.4. The fourth-order valence-corrected chi connectivity index (χ4v) is 3.59. The van der Waals surface area contributed by atoms with Crippen molar-refractivity contribution in [3.05, 3.63) is 36.3 Å². The second kappa shape index (κ2) is 7.51. The normalized spacial score (nSPS) is 18.5. The van der Waals surface area contributed by atoms with Crippen LogP contribution in [-0.4, -0.2) is 22.6 Å². The van der Waals surface area contributed by atoms with E-state index in [0.717, 1.165) is 25.7 Å². The smallest absolute Gasteiger partial charge is 0.151 e. The van der Waals surface area contributed by atoms with E-state index in [2.05, 4.69) is 26.7 Å². The highest BCUT2D eigenvalue weighted by atomic mass is 19.1. The minimum atomic E-state index is -0.385. The Bertz CT molecular complexity index is 850. The Balaban J connectivity index is 1.51. The Morgan fingerprint density at radius 2 is 2.00 bits per heavy atom. The van der Waals surface area contributed by atoms with Crippen molar-refractivity contribution in [2.24, 2.45) is 5.41 Å². The van der Waals surface area contributed by atoms with E-state index in [1.54, 1.807) is 12.1 Å². The molecule has 0 aromatic carbocycles. The van der Waals surface area contributed by atoms with Gasteiger partial charge in [0.1, 0.15) is 11.6 Å². The van der Waals surface area contributed by atoms with Crippen molar-refractivity contribution < 1.29 is 4.39 Å². The minimum Gasteiger partial charge on any atom is -0.368 e. The molecule has 2 aliphatic carbocycles. The summed E-state index contributed by atoms with van der Waals surface area (Å²) in [7, 11) is 0. The predicted molar refractivity (Wildman–Crippen MR) is 104 cm³/mol. The van der Waals surface area contributed by atoms with Crippen LogP contribution in [0.3, 0.4) is 0 Å². The highest BCUT2D eigenvalue weighted by Gasteiger charge is 2.42. The zero-order valence-corrected chi connectivity index (χ0v) is 15.3. The summed E-state index contributed by atoms with van der Waals surface area (Å²) in [6, 6.07) is 10.0. The third-order valence-electron chi connectivity index (χ3n) is 5.54. The van der Waals surface area contributed by atoms with Gasteiger partial charge in [0.05, 0.1) is 23.4 Å². The summed E-state index contributed by atoms with van der Waals surface area (Å²) in [6.07, 6.45) is 9.11. The molecule has 2 fully saturated rings. The Hall–Kier alpha value is -2.68. The number of hydrogen-bond acceptors (Lipinski definition) is 5. The Kier molecular flexibility index (Phi) is 4.93. The van der Waals surface area contributed by atoms with Crippen molar-refractivity contribution in [3.8, 4) is 17.3 Å². The molecule has 27 heavy (non-hydrogen) atoms. The van der Waals surface area contributed by atoms with Gasteiger partial charge < -0.3 is 10.6 Å². The maximum absolute atomic E-state index is 14.4. The summed E-state index contributed by atoms with van der Waals surface area (Å²) in [5, 5.41) is 15.9. The zero-order chi connectivity index (χ0) is 18.7. The molecule has 5 nitrogen and oxygen atoms in total. The summed E-state index contributed by atoms with van der Waals surface area (Å²) < 4.78 is 14.4. The number of rotatable bonds is 6. The van der Waals surface area contributed by atoms with Crippen LogP contribution in [0.2, 0.25) is 0 Å². The summed E-state index contributed by atoms with van der Waals surface area (Å²) in [5.41, 5.74) is 0.748. The number of aromatic nitrogens is 2. The van der Waals surface area contributed by atoms with Crippen molar-refractivity contribution in [2.75, 3.05) is 17.2 Å². The predicted octanol–water partition coefficient (Wildman–Crippen LogP) is 4.74. The summed E-state index contributed by atoms with van der Waals surface area (Å²) in [5.74, 6) is 0.969. The lowest BCUT2D eigenvalue weighted by molar-refractivity contribution is 0.461. The quantitative estimate of drug-likeness (QED) is 0.773. The first-order chi connectivity index (χ1) is 13.2. The highest BCUT2D eigenvalue weighted by molar-refractivity contribution is 5.65. The third kappa shape index (κ3) is 4.19. The first-order valence-corrected chi connectivity index (χ1v) is 9.72. The van der Waals surface area contributed by atoms with Gasteiger partial charge in [0.15, 0.2) is 5.82 Å². The number of nitrogens with zero attached hydrogens (tertiary/aromatic N) is 3. The monoisotopic (exact) mass is 365 g/mol. The van der Waals surface area contributed by atoms with Crippen LogP contribution in [0.25, 0.3) is 11.3 Å². The molecule has 2 aromatic rings. The molecule has 0 radical (unpaired) electrons. The van der Waals surface area contributed by atoms with Crippen LogP contribution in [0.5, 0.6) is 0 Å². The lowest BCUT2D eigenvalue weighted by Gasteiger charge is -2.23. The van der Waals surface area contributed by atoms with E-state index >= 15 is 0 Å². The van der Waals surface area contributed by atoms with E-state index in [-0.39, 0.29) is 11.2 Å². The van der Waals surface area contributed by atoms with Crippen molar-refractivity contribution in [1.82, 2.24) is 9.97 Å². The van der Waals surface area contributed by atoms with Crippen molar-refractivity contribution >= 4 is 11.6 Å². The number of pyridine rings is 2. The molecule has 0 bridgehead atoms. The molecule has 2 saturated carbocycles. The van der Waals surface area contributed by atoms with Crippen molar-refractivity contribution in [1.29, 1.82) is 5.26 Å². The van der Waals surface area contributed by atoms with Crippen molar-refractivity contribution in [3.63, 3.8) is 0 Å². The van der Waals surface area contributed by atoms with Crippen molar-refractivity contribution in [2.45, 2.75) is 51.0 Å². The first kappa shape index (κ1) is 17.7. The van der Waals surface area contributed by atoms with E-state index in [4.69, 9.17) is 0 Å². The first-order valence-electron chi connectivity index (χ1n) is 9.72. The van der Waals surface area contributed by atoms with Gasteiger partial charge in [-0.15, -0.1) is 0 Å². The number of nitriles is 1. The zero-order valence-electron chi connectivity index (χ0n) is 15.3. The number of anilines is 2. The van der Waals surface area contributed by atoms with Gasteiger partial charge in [-0.05, 0) is 43.9 Å². The van der Waals surface area contributed by atoms with Gasteiger partial charge in [-0.1, -0.05) is 25.3 Å². The van der Waals surface area contributed by atoms with Crippen LogP contribution in [0.15, 0.2) is 30.5 Å².